The molecule has 1 unspecified atom stereocenters. The number of aliphatic hydroxyl groups excluding tert-OH is 1. The summed E-state index contributed by atoms with van der Waals surface area (Å²) in [6.45, 7) is 4.89. The normalized spacial score (nSPS) is 12.2. The van der Waals surface area contributed by atoms with Crippen LogP contribution in [-0.4, -0.2) is 41.4 Å². The highest BCUT2D eigenvalue weighted by Gasteiger charge is 2.13. The minimum Gasteiger partial charge on any atom is -0.479 e. The molecule has 0 rings (SSSR count). The smallest absolute Gasteiger partial charge is 0.332 e. The zero-order valence-electron chi connectivity index (χ0n) is 10.4. The Balaban J connectivity index is 3.63. The van der Waals surface area contributed by atoms with Crippen molar-refractivity contribution < 1.29 is 19.8 Å². The van der Waals surface area contributed by atoms with Crippen LogP contribution in [-0.2, 0) is 4.79 Å². The van der Waals surface area contributed by atoms with Crippen LogP contribution < -0.4 is 10.6 Å². The van der Waals surface area contributed by atoms with Gasteiger partial charge in [0.2, 0.25) is 0 Å². The molecule has 0 aliphatic rings. The summed E-state index contributed by atoms with van der Waals surface area (Å²) < 4.78 is 0. The summed E-state index contributed by atoms with van der Waals surface area (Å²) in [4.78, 5) is 21.6. The highest BCUT2D eigenvalue weighted by Crippen LogP contribution is 2.04. The molecule has 0 aromatic rings. The second-order valence-corrected chi connectivity index (χ2v) is 3.96. The lowest BCUT2D eigenvalue weighted by Crippen LogP contribution is -2.39. The summed E-state index contributed by atoms with van der Waals surface area (Å²) in [5.41, 5.74) is 0. The molecule has 100 valence electrons. The Bertz CT molecular complexity index is 242. The van der Waals surface area contributed by atoms with Gasteiger partial charge in [0.05, 0.1) is 0 Å². The molecule has 2 amide bonds. The van der Waals surface area contributed by atoms with Gasteiger partial charge in [-0.1, -0.05) is 26.7 Å². The van der Waals surface area contributed by atoms with E-state index in [1.54, 1.807) is 0 Å². The van der Waals surface area contributed by atoms with Crippen LogP contribution in [0.15, 0.2) is 0 Å². The second-order valence-electron chi connectivity index (χ2n) is 3.96. The molecule has 0 fully saturated rings. The molecule has 17 heavy (non-hydrogen) atoms. The Morgan fingerprint density at radius 1 is 1.18 bits per heavy atom. The predicted molar refractivity (Wildman–Crippen MR) is 63.7 cm³/mol. The number of aliphatic carboxylic acids is 1. The van der Waals surface area contributed by atoms with Gasteiger partial charge in [-0.2, -0.15) is 0 Å². The lowest BCUT2D eigenvalue weighted by molar-refractivity contribution is -0.146. The average Bonchev–Trinajstić information content (AvgIpc) is 2.30. The number of rotatable bonds is 8. The van der Waals surface area contributed by atoms with Crippen molar-refractivity contribution in [2.75, 3.05) is 13.1 Å². The molecule has 0 aromatic carbocycles. The number of carboxylic acid groups (broad SMARTS) is 1. The number of carbonyl (C=O) groups excluding carboxylic acids is 1. The first-order valence-electron chi connectivity index (χ1n) is 5.93. The van der Waals surface area contributed by atoms with Gasteiger partial charge in [0.1, 0.15) is 0 Å². The van der Waals surface area contributed by atoms with Crippen LogP contribution >= 0.6 is 0 Å². The van der Waals surface area contributed by atoms with E-state index >= 15 is 0 Å². The molecule has 0 aromatic heterocycles. The number of aliphatic hydroxyl groups is 1. The third-order valence-electron chi connectivity index (χ3n) is 2.69. The van der Waals surface area contributed by atoms with Gasteiger partial charge in [-0.15, -0.1) is 0 Å². The molecular weight excluding hydrogens is 224 g/mol. The van der Waals surface area contributed by atoms with Gasteiger partial charge in [-0.3, -0.25) is 0 Å². The van der Waals surface area contributed by atoms with Crippen molar-refractivity contribution in [3.05, 3.63) is 0 Å². The van der Waals surface area contributed by atoms with E-state index in [2.05, 4.69) is 24.5 Å². The van der Waals surface area contributed by atoms with Crippen molar-refractivity contribution in [3.63, 3.8) is 0 Å². The number of carboxylic acids is 1. The molecule has 1 atom stereocenters. The molecule has 6 nitrogen and oxygen atoms in total. The number of nitrogens with one attached hydrogen (secondary N) is 2. The van der Waals surface area contributed by atoms with Crippen LogP contribution in [0, 0.1) is 5.92 Å². The van der Waals surface area contributed by atoms with Gasteiger partial charge in [-0.05, 0) is 5.92 Å². The molecule has 6 heteroatoms. The Morgan fingerprint density at radius 2 is 1.76 bits per heavy atom. The molecule has 0 saturated carbocycles. The van der Waals surface area contributed by atoms with Gasteiger partial charge >= 0.3 is 12.0 Å². The Morgan fingerprint density at radius 3 is 2.24 bits per heavy atom. The zero-order valence-corrected chi connectivity index (χ0v) is 10.4. The van der Waals surface area contributed by atoms with Gasteiger partial charge in [0.15, 0.2) is 6.10 Å². The standard InChI is InChI=1S/C11H22N2O4/c1-3-8(4-2)7-13-11(17)12-6-5-9(14)10(15)16/h8-9,14H,3-7H2,1-2H3,(H,15,16)(H2,12,13,17). The fourth-order valence-electron chi connectivity index (χ4n) is 1.32. The molecule has 0 bridgehead atoms. The summed E-state index contributed by atoms with van der Waals surface area (Å²) in [6.07, 6.45) is 0.603. The molecular formula is C11H22N2O4. The monoisotopic (exact) mass is 246 g/mol. The van der Waals surface area contributed by atoms with Gasteiger partial charge in [0.25, 0.3) is 0 Å². The zero-order chi connectivity index (χ0) is 13.3. The highest BCUT2D eigenvalue weighted by atomic mass is 16.4. The third-order valence-corrected chi connectivity index (χ3v) is 2.69. The average molecular weight is 246 g/mol. The number of amides is 2. The Kier molecular flexibility index (Phi) is 8.13. The predicted octanol–water partition coefficient (Wildman–Crippen LogP) is 0.557. The third kappa shape index (κ3) is 7.57. The van der Waals surface area contributed by atoms with Crippen molar-refractivity contribution in [2.45, 2.75) is 39.2 Å². The van der Waals surface area contributed by atoms with Crippen molar-refractivity contribution in [1.82, 2.24) is 10.6 Å². The van der Waals surface area contributed by atoms with E-state index in [9.17, 15) is 9.59 Å². The van der Waals surface area contributed by atoms with Crippen LogP contribution in [0.4, 0.5) is 4.79 Å². The Hall–Kier alpha value is -1.30. The quantitative estimate of drug-likeness (QED) is 0.503. The van der Waals surface area contributed by atoms with E-state index in [0.717, 1.165) is 12.8 Å². The number of urea groups is 1. The van der Waals surface area contributed by atoms with Gasteiger partial charge < -0.3 is 20.8 Å². The molecule has 0 aliphatic carbocycles. The highest BCUT2D eigenvalue weighted by molar-refractivity contribution is 5.74. The molecule has 0 saturated heterocycles. The molecule has 0 radical (unpaired) electrons. The second kappa shape index (κ2) is 8.81. The number of carbonyl (C=O) groups is 2. The van der Waals surface area contributed by atoms with Crippen molar-refractivity contribution in [1.29, 1.82) is 0 Å². The van der Waals surface area contributed by atoms with Crippen molar-refractivity contribution in [3.8, 4) is 0 Å². The molecule has 0 aliphatic heterocycles. The Labute approximate surface area is 101 Å². The number of hydrogen-bond acceptors (Lipinski definition) is 3. The summed E-state index contributed by atoms with van der Waals surface area (Å²) in [6, 6.07) is -0.325. The minimum atomic E-state index is -1.42. The fraction of sp³-hybridized carbons (Fsp3) is 0.818. The number of hydrogen-bond donors (Lipinski definition) is 4. The summed E-state index contributed by atoms with van der Waals surface area (Å²) in [7, 11) is 0. The summed E-state index contributed by atoms with van der Waals surface area (Å²) >= 11 is 0. The van der Waals surface area contributed by atoms with Gasteiger partial charge in [0, 0.05) is 19.5 Å². The first kappa shape index (κ1) is 15.7. The fourth-order valence-corrected chi connectivity index (χ4v) is 1.32. The first-order chi connectivity index (χ1) is 8.01. The van der Waals surface area contributed by atoms with Crippen molar-refractivity contribution >= 4 is 12.0 Å². The maximum Gasteiger partial charge on any atom is 0.332 e. The van der Waals surface area contributed by atoms with Crippen LogP contribution in [0.1, 0.15) is 33.1 Å². The van der Waals surface area contributed by atoms with E-state index in [1.807, 2.05) is 0 Å². The van der Waals surface area contributed by atoms with E-state index < -0.39 is 12.1 Å². The molecule has 0 heterocycles. The largest absolute Gasteiger partial charge is 0.479 e. The topological polar surface area (TPSA) is 98.7 Å². The maximum absolute atomic E-state index is 11.3. The summed E-state index contributed by atoms with van der Waals surface area (Å²) in [5, 5.41) is 22.6. The van der Waals surface area contributed by atoms with E-state index in [-0.39, 0.29) is 19.0 Å². The molecule has 4 N–H and O–H groups in total. The van der Waals surface area contributed by atoms with Gasteiger partial charge in [-0.25, -0.2) is 9.59 Å². The molecule has 0 spiro atoms. The summed E-state index contributed by atoms with van der Waals surface area (Å²) in [5.74, 6) is -0.811. The van der Waals surface area contributed by atoms with Crippen LogP contribution in [0.5, 0.6) is 0 Å². The van der Waals surface area contributed by atoms with E-state index in [0.29, 0.717) is 12.5 Å². The first-order valence-corrected chi connectivity index (χ1v) is 5.93. The van der Waals surface area contributed by atoms with Crippen LogP contribution in [0.25, 0.3) is 0 Å². The van der Waals surface area contributed by atoms with Crippen LogP contribution in [0.3, 0.4) is 0 Å². The van der Waals surface area contributed by atoms with E-state index in [1.165, 1.54) is 0 Å². The van der Waals surface area contributed by atoms with Crippen LogP contribution in [0.2, 0.25) is 0 Å². The maximum atomic E-state index is 11.3. The lowest BCUT2D eigenvalue weighted by Gasteiger charge is -2.14. The lowest BCUT2D eigenvalue weighted by atomic mass is 10.0. The van der Waals surface area contributed by atoms with E-state index in [4.69, 9.17) is 10.2 Å². The van der Waals surface area contributed by atoms with Crippen molar-refractivity contribution in [2.24, 2.45) is 5.92 Å². The minimum absolute atomic E-state index is 0.00768. The SMILES string of the molecule is CCC(CC)CNC(=O)NCCC(O)C(=O)O.